The zero-order chi connectivity index (χ0) is 12.4. The van der Waals surface area contributed by atoms with E-state index in [1.165, 1.54) is 6.26 Å². The van der Waals surface area contributed by atoms with Crippen LogP contribution in [0.4, 0.5) is 11.4 Å². The van der Waals surface area contributed by atoms with Crippen LogP contribution in [-0.2, 0) is 0 Å². The molecule has 0 radical (unpaired) electrons. The van der Waals surface area contributed by atoms with Crippen LogP contribution in [0.1, 0.15) is 16.1 Å². The van der Waals surface area contributed by atoms with Crippen LogP contribution in [0.25, 0.3) is 0 Å². The molecule has 2 rings (SSSR count). The molecule has 88 valence electrons. The van der Waals surface area contributed by atoms with E-state index in [4.69, 9.17) is 21.8 Å². The third-order valence-electron chi connectivity index (χ3n) is 2.34. The molecular formula is C12H11ClN2O2. The van der Waals surface area contributed by atoms with E-state index >= 15 is 0 Å². The Morgan fingerprint density at radius 1 is 1.41 bits per heavy atom. The molecule has 1 amide bonds. The van der Waals surface area contributed by atoms with Crippen LogP contribution in [0.5, 0.6) is 0 Å². The summed E-state index contributed by atoms with van der Waals surface area (Å²) in [6.45, 7) is 1.72. The number of benzene rings is 1. The number of hydrogen-bond donors (Lipinski definition) is 2. The molecule has 4 nitrogen and oxygen atoms in total. The maximum Gasteiger partial charge on any atom is 0.259 e. The SMILES string of the molecule is Cc1occc1C(=O)Nc1cc(N)ccc1Cl. The highest BCUT2D eigenvalue weighted by atomic mass is 35.5. The minimum absolute atomic E-state index is 0.274. The van der Waals surface area contributed by atoms with Crippen molar-refractivity contribution in [2.45, 2.75) is 6.92 Å². The maximum atomic E-state index is 11.9. The maximum absolute atomic E-state index is 11.9. The van der Waals surface area contributed by atoms with E-state index in [1.807, 2.05) is 0 Å². The summed E-state index contributed by atoms with van der Waals surface area (Å²) in [7, 11) is 0. The Kier molecular flexibility index (Phi) is 3.06. The van der Waals surface area contributed by atoms with Gasteiger partial charge in [-0.2, -0.15) is 0 Å². The van der Waals surface area contributed by atoms with Crippen LogP contribution in [0.15, 0.2) is 34.9 Å². The molecule has 1 aromatic carbocycles. The Labute approximate surface area is 103 Å². The Morgan fingerprint density at radius 3 is 2.82 bits per heavy atom. The summed E-state index contributed by atoms with van der Waals surface area (Å²) >= 11 is 5.95. The van der Waals surface area contributed by atoms with Gasteiger partial charge in [0.2, 0.25) is 0 Å². The molecule has 0 aliphatic carbocycles. The number of nitrogen functional groups attached to an aromatic ring is 1. The molecule has 5 heteroatoms. The van der Waals surface area contributed by atoms with E-state index < -0.39 is 0 Å². The zero-order valence-corrected chi connectivity index (χ0v) is 9.91. The zero-order valence-electron chi connectivity index (χ0n) is 9.16. The Morgan fingerprint density at radius 2 is 2.18 bits per heavy atom. The van der Waals surface area contributed by atoms with Crippen molar-refractivity contribution < 1.29 is 9.21 Å². The lowest BCUT2D eigenvalue weighted by Gasteiger charge is -2.07. The van der Waals surface area contributed by atoms with Crippen LogP contribution in [0, 0.1) is 6.92 Å². The third-order valence-corrected chi connectivity index (χ3v) is 2.67. The average molecular weight is 251 g/mol. The molecule has 0 atom stereocenters. The molecule has 3 N–H and O–H groups in total. The molecule has 1 heterocycles. The van der Waals surface area contributed by atoms with Crippen molar-refractivity contribution in [3.05, 3.63) is 46.9 Å². The summed E-state index contributed by atoms with van der Waals surface area (Å²) in [6, 6.07) is 6.51. The minimum atomic E-state index is -0.274. The van der Waals surface area contributed by atoms with Gasteiger partial charge in [0.1, 0.15) is 5.76 Å². The lowest BCUT2D eigenvalue weighted by atomic mass is 10.2. The number of amides is 1. The van der Waals surface area contributed by atoms with Crippen molar-refractivity contribution in [2.75, 3.05) is 11.1 Å². The Bertz CT molecular complexity index is 563. The predicted octanol–water partition coefficient (Wildman–Crippen LogP) is 3.08. The highest BCUT2D eigenvalue weighted by Crippen LogP contribution is 2.25. The molecule has 0 unspecified atom stereocenters. The summed E-state index contributed by atoms with van der Waals surface area (Å²) < 4.78 is 5.06. The van der Waals surface area contributed by atoms with Gasteiger partial charge in [0.05, 0.1) is 22.5 Å². The summed E-state index contributed by atoms with van der Waals surface area (Å²) in [5.41, 5.74) is 7.12. The van der Waals surface area contributed by atoms with Crippen molar-refractivity contribution >= 4 is 28.9 Å². The second-order valence-electron chi connectivity index (χ2n) is 3.58. The number of halogens is 1. The molecule has 1 aromatic heterocycles. The molecule has 0 spiro atoms. The third kappa shape index (κ3) is 2.42. The van der Waals surface area contributed by atoms with Gasteiger partial charge >= 0.3 is 0 Å². The van der Waals surface area contributed by atoms with Gasteiger partial charge in [0.15, 0.2) is 0 Å². The van der Waals surface area contributed by atoms with Gasteiger partial charge in [-0.1, -0.05) is 11.6 Å². The number of nitrogens with two attached hydrogens (primary N) is 1. The van der Waals surface area contributed by atoms with Gasteiger partial charge < -0.3 is 15.5 Å². The van der Waals surface area contributed by atoms with E-state index in [0.717, 1.165) is 0 Å². The standard InChI is InChI=1S/C12H11ClN2O2/c1-7-9(4-5-17-7)12(16)15-11-6-8(14)2-3-10(11)13/h2-6H,14H2,1H3,(H,15,16). The summed E-state index contributed by atoms with van der Waals surface area (Å²) in [5, 5.41) is 3.12. The van der Waals surface area contributed by atoms with Gasteiger partial charge in [0, 0.05) is 5.69 Å². The van der Waals surface area contributed by atoms with Gasteiger partial charge in [-0.15, -0.1) is 0 Å². The lowest BCUT2D eigenvalue weighted by molar-refractivity contribution is 0.102. The highest BCUT2D eigenvalue weighted by Gasteiger charge is 2.13. The number of rotatable bonds is 2. The van der Waals surface area contributed by atoms with E-state index in [0.29, 0.717) is 27.7 Å². The normalized spacial score (nSPS) is 10.2. The summed E-state index contributed by atoms with van der Waals surface area (Å²) in [6.07, 6.45) is 1.46. The highest BCUT2D eigenvalue weighted by molar-refractivity contribution is 6.34. The summed E-state index contributed by atoms with van der Waals surface area (Å²) in [4.78, 5) is 11.9. The number of carbonyl (C=O) groups is 1. The molecule has 0 aliphatic heterocycles. The number of nitrogens with one attached hydrogen (secondary N) is 1. The number of furan rings is 1. The topological polar surface area (TPSA) is 68.3 Å². The average Bonchev–Trinajstić information content (AvgIpc) is 2.70. The molecule has 17 heavy (non-hydrogen) atoms. The van der Waals surface area contributed by atoms with E-state index in [2.05, 4.69) is 5.32 Å². The molecule has 0 fully saturated rings. The van der Waals surface area contributed by atoms with Crippen molar-refractivity contribution in [3.8, 4) is 0 Å². The first-order chi connectivity index (χ1) is 8.08. The number of aryl methyl sites for hydroxylation is 1. The van der Waals surface area contributed by atoms with Crippen LogP contribution >= 0.6 is 11.6 Å². The van der Waals surface area contributed by atoms with Crippen LogP contribution in [-0.4, -0.2) is 5.91 Å². The second kappa shape index (κ2) is 4.51. The Balaban J connectivity index is 2.24. The molecule has 0 bridgehead atoms. The number of carbonyl (C=O) groups excluding carboxylic acids is 1. The first kappa shape index (κ1) is 11.5. The van der Waals surface area contributed by atoms with E-state index in [9.17, 15) is 4.79 Å². The first-order valence-electron chi connectivity index (χ1n) is 4.98. The van der Waals surface area contributed by atoms with E-state index in [-0.39, 0.29) is 5.91 Å². The van der Waals surface area contributed by atoms with Gasteiger partial charge in [0.25, 0.3) is 5.91 Å². The predicted molar refractivity (Wildman–Crippen MR) is 67.3 cm³/mol. The molecular weight excluding hydrogens is 240 g/mol. The molecule has 0 saturated heterocycles. The molecule has 0 saturated carbocycles. The number of hydrogen-bond acceptors (Lipinski definition) is 3. The Hall–Kier alpha value is -1.94. The van der Waals surface area contributed by atoms with Crippen molar-refractivity contribution in [1.29, 1.82) is 0 Å². The van der Waals surface area contributed by atoms with Crippen molar-refractivity contribution in [3.63, 3.8) is 0 Å². The minimum Gasteiger partial charge on any atom is -0.469 e. The van der Waals surface area contributed by atoms with Gasteiger partial charge in [-0.25, -0.2) is 0 Å². The smallest absolute Gasteiger partial charge is 0.259 e. The molecule has 2 aromatic rings. The monoisotopic (exact) mass is 250 g/mol. The second-order valence-corrected chi connectivity index (χ2v) is 3.99. The lowest BCUT2D eigenvalue weighted by Crippen LogP contribution is -2.12. The fourth-order valence-corrected chi connectivity index (χ4v) is 1.61. The first-order valence-corrected chi connectivity index (χ1v) is 5.36. The number of anilines is 2. The van der Waals surface area contributed by atoms with Crippen molar-refractivity contribution in [2.24, 2.45) is 0 Å². The van der Waals surface area contributed by atoms with Gasteiger partial charge in [-0.05, 0) is 31.2 Å². The summed E-state index contributed by atoms with van der Waals surface area (Å²) in [5.74, 6) is 0.284. The van der Waals surface area contributed by atoms with Crippen LogP contribution in [0.2, 0.25) is 5.02 Å². The van der Waals surface area contributed by atoms with Crippen molar-refractivity contribution in [1.82, 2.24) is 0 Å². The largest absolute Gasteiger partial charge is 0.469 e. The fourth-order valence-electron chi connectivity index (χ4n) is 1.45. The fraction of sp³-hybridized carbons (Fsp3) is 0.0833. The van der Waals surface area contributed by atoms with Crippen LogP contribution in [0.3, 0.4) is 0 Å². The molecule has 0 aliphatic rings. The van der Waals surface area contributed by atoms with Gasteiger partial charge in [-0.3, -0.25) is 4.79 Å². The van der Waals surface area contributed by atoms with Crippen LogP contribution < -0.4 is 11.1 Å². The van der Waals surface area contributed by atoms with E-state index in [1.54, 1.807) is 31.2 Å². The quantitative estimate of drug-likeness (QED) is 0.805.